The summed E-state index contributed by atoms with van der Waals surface area (Å²) in [5.74, 6) is 0. The van der Waals surface area contributed by atoms with E-state index in [4.69, 9.17) is 0 Å². The normalized spacial score (nSPS) is 10.3. The van der Waals surface area contributed by atoms with E-state index in [1.807, 2.05) is 32.9 Å². The molecular weight excluding hydrogens is 165 g/mol. The third-order valence-corrected chi connectivity index (χ3v) is 1.50. The van der Waals surface area contributed by atoms with Crippen molar-refractivity contribution in [1.82, 2.24) is 4.98 Å². The summed E-state index contributed by atoms with van der Waals surface area (Å²) in [5, 5.41) is 0. The van der Waals surface area contributed by atoms with Gasteiger partial charge in [0.1, 0.15) is 5.67 Å². The Kier molecular flexibility index (Phi) is 4.60. The van der Waals surface area contributed by atoms with Crippen LogP contribution >= 0.6 is 0 Å². The second kappa shape index (κ2) is 4.95. The second-order valence-electron chi connectivity index (χ2n) is 3.14. The molecule has 2 heteroatoms. The predicted molar refractivity (Wildman–Crippen MR) is 54.5 cm³/mol. The number of aryl methyl sites for hydroxylation is 1. The minimum absolute atomic E-state index is 0.498. The lowest BCUT2D eigenvalue weighted by Crippen LogP contribution is -2.11. The molecule has 74 valence electrons. The van der Waals surface area contributed by atoms with Crippen molar-refractivity contribution in [3.63, 3.8) is 0 Å². The van der Waals surface area contributed by atoms with Gasteiger partial charge in [-0.05, 0) is 32.9 Å². The molecule has 1 heterocycles. The SMILES string of the molecule is CC.Cc1cccc(C(C)(C)F)n1. The molecule has 1 nitrogen and oxygen atoms in total. The topological polar surface area (TPSA) is 12.9 Å². The lowest BCUT2D eigenvalue weighted by molar-refractivity contribution is 0.214. The molecular formula is C11H18FN. The third kappa shape index (κ3) is 4.02. The molecule has 1 aromatic rings. The van der Waals surface area contributed by atoms with E-state index in [1.54, 1.807) is 6.07 Å². The van der Waals surface area contributed by atoms with E-state index in [-0.39, 0.29) is 0 Å². The van der Waals surface area contributed by atoms with Gasteiger partial charge in [0.05, 0.1) is 5.69 Å². The summed E-state index contributed by atoms with van der Waals surface area (Å²) in [6.07, 6.45) is 0. The van der Waals surface area contributed by atoms with Gasteiger partial charge in [0.2, 0.25) is 0 Å². The maximum absolute atomic E-state index is 13.2. The number of pyridine rings is 1. The highest BCUT2D eigenvalue weighted by Crippen LogP contribution is 2.21. The molecule has 1 rings (SSSR count). The van der Waals surface area contributed by atoms with Crippen LogP contribution in [-0.2, 0) is 5.67 Å². The van der Waals surface area contributed by atoms with Crippen LogP contribution in [0.5, 0.6) is 0 Å². The Morgan fingerprint density at radius 2 is 1.77 bits per heavy atom. The lowest BCUT2D eigenvalue weighted by atomic mass is 10.1. The van der Waals surface area contributed by atoms with E-state index >= 15 is 0 Å². The summed E-state index contributed by atoms with van der Waals surface area (Å²) >= 11 is 0. The Morgan fingerprint density at radius 1 is 1.23 bits per heavy atom. The predicted octanol–water partition coefficient (Wildman–Crippen LogP) is 3.62. The average molecular weight is 183 g/mol. The first-order valence-electron chi connectivity index (χ1n) is 4.63. The minimum atomic E-state index is -1.33. The average Bonchev–Trinajstić information content (AvgIpc) is 2.06. The zero-order valence-electron chi connectivity index (χ0n) is 9.06. The first-order chi connectivity index (χ1) is 6.00. The summed E-state index contributed by atoms with van der Waals surface area (Å²) in [5.41, 5.74) is 0.0252. The van der Waals surface area contributed by atoms with Gasteiger partial charge in [-0.3, -0.25) is 4.98 Å². The Morgan fingerprint density at radius 3 is 2.08 bits per heavy atom. The highest BCUT2D eigenvalue weighted by atomic mass is 19.1. The number of rotatable bonds is 1. The molecule has 0 bridgehead atoms. The Labute approximate surface area is 80.0 Å². The molecule has 0 saturated carbocycles. The molecule has 0 spiro atoms. The van der Waals surface area contributed by atoms with Crippen molar-refractivity contribution in [3.8, 4) is 0 Å². The molecule has 0 atom stereocenters. The molecule has 0 unspecified atom stereocenters. The summed E-state index contributed by atoms with van der Waals surface area (Å²) in [4.78, 5) is 4.07. The fourth-order valence-corrected chi connectivity index (χ4v) is 0.874. The minimum Gasteiger partial charge on any atom is -0.255 e. The van der Waals surface area contributed by atoms with E-state index in [2.05, 4.69) is 4.98 Å². The largest absolute Gasteiger partial charge is 0.255 e. The Balaban J connectivity index is 0.000000671. The van der Waals surface area contributed by atoms with Gasteiger partial charge in [-0.15, -0.1) is 0 Å². The van der Waals surface area contributed by atoms with Crippen molar-refractivity contribution >= 4 is 0 Å². The van der Waals surface area contributed by atoms with Gasteiger partial charge in [0, 0.05) is 5.69 Å². The molecule has 0 saturated heterocycles. The maximum Gasteiger partial charge on any atom is 0.147 e. The zero-order valence-corrected chi connectivity index (χ0v) is 9.06. The lowest BCUT2D eigenvalue weighted by Gasteiger charge is -2.13. The second-order valence-corrected chi connectivity index (χ2v) is 3.14. The molecule has 0 radical (unpaired) electrons. The van der Waals surface area contributed by atoms with Crippen molar-refractivity contribution in [2.45, 2.75) is 40.3 Å². The van der Waals surface area contributed by atoms with Crippen LogP contribution in [0.25, 0.3) is 0 Å². The fraction of sp³-hybridized carbons (Fsp3) is 0.545. The quantitative estimate of drug-likeness (QED) is 0.648. The van der Waals surface area contributed by atoms with Crippen LogP contribution in [-0.4, -0.2) is 4.98 Å². The van der Waals surface area contributed by atoms with Crippen LogP contribution in [0, 0.1) is 6.92 Å². The summed E-state index contributed by atoms with van der Waals surface area (Å²) < 4.78 is 13.2. The van der Waals surface area contributed by atoms with Crippen LogP contribution in [0.1, 0.15) is 39.1 Å². The number of alkyl halides is 1. The summed E-state index contributed by atoms with van der Waals surface area (Å²) in [6.45, 7) is 8.87. The standard InChI is InChI=1S/C9H12FN.C2H6/c1-7-5-4-6-8(11-7)9(2,3)10;1-2/h4-6H,1-3H3;1-2H3. The highest BCUT2D eigenvalue weighted by Gasteiger charge is 2.19. The Bertz CT molecular complexity index is 251. The van der Waals surface area contributed by atoms with Crippen molar-refractivity contribution in [1.29, 1.82) is 0 Å². The molecule has 1 aromatic heterocycles. The number of halogens is 1. The van der Waals surface area contributed by atoms with E-state index in [1.165, 1.54) is 13.8 Å². The zero-order chi connectivity index (χ0) is 10.5. The van der Waals surface area contributed by atoms with Gasteiger partial charge in [0.15, 0.2) is 0 Å². The molecule has 0 amide bonds. The van der Waals surface area contributed by atoms with Gasteiger partial charge in [-0.1, -0.05) is 19.9 Å². The van der Waals surface area contributed by atoms with Gasteiger partial charge in [-0.25, -0.2) is 4.39 Å². The number of hydrogen-bond acceptors (Lipinski definition) is 1. The summed E-state index contributed by atoms with van der Waals surface area (Å²) in [7, 11) is 0. The Hall–Kier alpha value is -0.920. The third-order valence-electron chi connectivity index (χ3n) is 1.50. The molecule has 0 N–H and O–H groups in total. The molecule has 0 aliphatic rings. The number of nitrogens with zero attached hydrogens (tertiary/aromatic N) is 1. The number of hydrogen-bond donors (Lipinski definition) is 0. The highest BCUT2D eigenvalue weighted by molar-refractivity contribution is 5.14. The first kappa shape index (κ1) is 12.1. The van der Waals surface area contributed by atoms with Crippen LogP contribution < -0.4 is 0 Å². The van der Waals surface area contributed by atoms with Crippen molar-refractivity contribution < 1.29 is 4.39 Å². The molecule has 0 aromatic carbocycles. The van der Waals surface area contributed by atoms with E-state index in [0.717, 1.165) is 5.69 Å². The van der Waals surface area contributed by atoms with Crippen LogP contribution in [0.3, 0.4) is 0 Å². The molecule has 13 heavy (non-hydrogen) atoms. The monoisotopic (exact) mass is 183 g/mol. The molecule has 0 aliphatic carbocycles. The number of aromatic nitrogens is 1. The molecule has 0 aliphatic heterocycles. The van der Waals surface area contributed by atoms with Crippen molar-refractivity contribution in [2.24, 2.45) is 0 Å². The van der Waals surface area contributed by atoms with Crippen LogP contribution in [0.2, 0.25) is 0 Å². The van der Waals surface area contributed by atoms with Crippen molar-refractivity contribution in [3.05, 3.63) is 29.6 Å². The van der Waals surface area contributed by atoms with Gasteiger partial charge < -0.3 is 0 Å². The first-order valence-corrected chi connectivity index (χ1v) is 4.63. The van der Waals surface area contributed by atoms with E-state index < -0.39 is 5.67 Å². The molecule has 0 fully saturated rings. The van der Waals surface area contributed by atoms with Crippen LogP contribution in [0.15, 0.2) is 18.2 Å². The smallest absolute Gasteiger partial charge is 0.147 e. The van der Waals surface area contributed by atoms with Crippen molar-refractivity contribution in [2.75, 3.05) is 0 Å². The van der Waals surface area contributed by atoms with E-state index in [9.17, 15) is 4.39 Å². The summed E-state index contributed by atoms with van der Waals surface area (Å²) in [6, 6.07) is 5.38. The van der Waals surface area contributed by atoms with Gasteiger partial charge in [0.25, 0.3) is 0 Å². The van der Waals surface area contributed by atoms with Gasteiger partial charge >= 0.3 is 0 Å². The maximum atomic E-state index is 13.2. The van der Waals surface area contributed by atoms with Gasteiger partial charge in [-0.2, -0.15) is 0 Å². The van der Waals surface area contributed by atoms with E-state index in [0.29, 0.717) is 5.69 Å². The van der Waals surface area contributed by atoms with Crippen LogP contribution in [0.4, 0.5) is 4.39 Å². The fourth-order valence-electron chi connectivity index (χ4n) is 0.874.